The molecule has 0 radical (unpaired) electrons. The van der Waals surface area contributed by atoms with Gasteiger partial charge in [-0.15, -0.1) is 11.3 Å². The van der Waals surface area contributed by atoms with E-state index in [9.17, 15) is 5.11 Å². The fourth-order valence-corrected chi connectivity index (χ4v) is 5.25. The Morgan fingerprint density at radius 2 is 1.81 bits per heavy atom. The van der Waals surface area contributed by atoms with Crippen LogP contribution in [0.2, 0.25) is 0 Å². The highest BCUT2D eigenvalue weighted by atomic mass is 79.9. The van der Waals surface area contributed by atoms with Crippen molar-refractivity contribution in [2.45, 2.75) is 18.9 Å². The van der Waals surface area contributed by atoms with Crippen molar-refractivity contribution in [3.63, 3.8) is 0 Å². The van der Waals surface area contributed by atoms with Crippen LogP contribution in [0.3, 0.4) is 0 Å². The second kappa shape index (κ2) is 5.20. The summed E-state index contributed by atoms with van der Waals surface area (Å²) in [4.78, 5) is 0.951. The molecule has 106 valence electrons. The summed E-state index contributed by atoms with van der Waals surface area (Å²) in [7, 11) is 0. The van der Waals surface area contributed by atoms with Gasteiger partial charge in [-0.25, -0.2) is 0 Å². The lowest BCUT2D eigenvalue weighted by molar-refractivity contribution is 0.225. The molecule has 0 bridgehead atoms. The topological polar surface area (TPSA) is 20.2 Å². The Morgan fingerprint density at radius 1 is 1.05 bits per heavy atom. The molecule has 21 heavy (non-hydrogen) atoms. The molecule has 1 atom stereocenters. The van der Waals surface area contributed by atoms with Gasteiger partial charge in [0, 0.05) is 9.35 Å². The molecule has 1 aromatic heterocycles. The number of aryl methyl sites for hydroxylation is 2. The zero-order chi connectivity index (χ0) is 14.6. The summed E-state index contributed by atoms with van der Waals surface area (Å²) in [6.45, 7) is 0. The average molecular weight is 424 g/mol. The molecule has 1 aliphatic rings. The molecular weight excluding hydrogens is 412 g/mol. The molecular formula is C17H12Br2OS. The van der Waals surface area contributed by atoms with Crippen LogP contribution in [0.1, 0.15) is 27.7 Å². The third-order valence-corrected chi connectivity index (χ3v) is 7.45. The van der Waals surface area contributed by atoms with E-state index >= 15 is 0 Å². The first-order valence-corrected chi connectivity index (χ1v) is 9.21. The van der Waals surface area contributed by atoms with Gasteiger partial charge in [-0.05, 0) is 78.2 Å². The first-order chi connectivity index (χ1) is 10.1. The lowest BCUT2D eigenvalue weighted by Crippen LogP contribution is -1.99. The molecule has 0 saturated carbocycles. The standard InChI is InChI=1S/C17H12Br2OS/c18-13-8-14(21-17(13)19)16(20)12-7-6-10-5-4-9-2-1-3-11(12)15(9)10/h1-3,6-8,16,20H,4-5H2. The molecule has 0 saturated heterocycles. The van der Waals surface area contributed by atoms with Crippen molar-refractivity contribution in [3.05, 3.63) is 66.2 Å². The van der Waals surface area contributed by atoms with E-state index in [1.807, 2.05) is 6.07 Å². The summed E-state index contributed by atoms with van der Waals surface area (Å²) in [5.74, 6) is 0. The zero-order valence-corrected chi connectivity index (χ0v) is 15.1. The predicted molar refractivity (Wildman–Crippen MR) is 95.1 cm³/mol. The first-order valence-electron chi connectivity index (χ1n) is 6.81. The Labute approximate surface area is 143 Å². The number of benzene rings is 2. The summed E-state index contributed by atoms with van der Waals surface area (Å²) in [5.41, 5.74) is 3.81. The van der Waals surface area contributed by atoms with E-state index in [0.717, 1.165) is 31.5 Å². The monoisotopic (exact) mass is 422 g/mol. The van der Waals surface area contributed by atoms with Crippen LogP contribution in [0.15, 0.2) is 44.7 Å². The molecule has 4 heteroatoms. The van der Waals surface area contributed by atoms with Gasteiger partial charge in [-0.1, -0.05) is 30.3 Å². The van der Waals surface area contributed by atoms with Gasteiger partial charge in [0.2, 0.25) is 0 Å². The van der Waals surface area contributed by atoms with Gasteiger partial charge in [0.05, 0.1) is 3.79 Å². The van der Waals surface area contributed by atoms with Crippen molar-refractivity contribution in [1.82, 2.24) is 0 Å². The van der Waals surface area contributed by atoms with Crippen LogP contribution in [0.5, 0.6) is 0 Å². The molecule has 1 unspecified atom stereocenters. The Balaban J connectivity index is 1.91. The van der Waals surface area contributed by atoms with Gasteiger partial charge in [0.1, 0.15) is 6.10 Å². The fraction of sp³-hybridized carbons (Fsp3) is 0.176. The summed E-state index contributed by atoms with van der Waals surface area (Å²) in [6.07, 6.45) is 1.65. The Kier molecular flexibility index (Phi) is 3.45. The zero-order valence-electron chi connectivity index (χ0n) is 11.1. The molecule has 1 N–H and O–H groups in total. The second-order valence-electron chi connectivity index (χ2n) is 5.33. The molecule has 0 fully saturated rings. The van der Waals surface area contributed by atoms with Crippen molar-refractivity contribution in [3.8, 4) is 0 Å². The van der Waals surface area contributed by atoms with E-state index in [4.69, 9.17) is 0 Å². The maximum atomic E-state index is 10.8. The number of aliphatic hydroxyl groups excluding tert-OH is 1. The summed E-state index contributed by atoms with van der Waals surface area (Å²) in [6, 6.07) is 12.7. The SMILES string of the molecule is OC(c1cc(Br)c(Br)s1)c1ccc2c3c(cccc13)CC2. The highest BCUT2D eigenvalue weighted by molar-refractivity contribution is 9.13. The van der Waals surface area contributed by atoms with Crippen LogP contribution in [0.25, 0.3) is 10.8 Å². The van der Waals surface area contributed by atoms with Gasteiger partial charge in [0.25, 0.3) is 0 Å². The Morgan fingerprint density at radius 3 is 2.52 bits per heavy atom. The molecule has 0 amide bonds. The normalized spacial score (nSPS) is 14.8. The number of hydrogen-bond acceptors (Lipinski definition) is 2. The smallest absolute Gasteiger partial charge is 0.114 e. The van der Waals surface area contributed by atoms with E-state index in [0.29, 0.717) is 0 Å². The van der Waals surface area contributed by atoms with Crippen LogP contribution in [-0.4, -0.2) is 5.11 Å². The summed E-state index contributed by atoms with van der Waals surface area (Å²) >= 11 is 8.56. The van der Waals surface area contributed by atoms with Crippen LogP contribution >= 0.6 is 43.2 Å². The van der Waals surface area contributed by atoms with E-state index in [1.165, 1.54) is 21.9 Å². The molecule has 3 aromatic rings. The highest BCUT2D eigenvalue weighted by Gasteiger charge is 2.21. The number of rotatable bonds is 2. The van der Waals surface area contributed by atoms with Gasteiger partial charge in [0.15, 0.2) is 0 Å². The molecule has 2 aromatic carbocycles. The van der Waals surface area contributed by atoms with Crippen molar-refractivity contribution < 1.29 is 5.11 Å². The van der Waals surface area contributed by atoms with Crippen LogP contribution < -0.4 is 0 Å². The number of halogens is 2. The minimum absolute atomic E-state index is 0.581. The van der Waals surface area contributed by atoms with E-state index in [-0.39, 0.29) is 0 Å². The third-order valence-electron chi connectivity index (χ3n) is 4.14. The minimum Gasteiger partial charge on any atom is -0.383 e. The molecule has 1 heterocycles. The first kappa shape index (κ1) is 13.9. The van der Waals surface area contributed by atoms with Gasteiger partial charge in [-0.3, -0.25) is 0 Å². The van der Waals surface area contributed by atoms with Crippen molar-refractivity contribution in [2.24, 2.45) is 0 Å². The molecule has 4 rings (SSSR count). The molecule has 0 aliphatic heterocycles. The quantitative estimate of drug-likeness (QED) is 0.568. The average Bonchev–Trinajstić information content (AvgIpc) is 3.05. The number of hydrogen-bond donors (Lipinski definition) is 1. The Hall–Kier alpha value is -0.680. The fourth-order valence-electron chi connectivity index (χ4n) is 3.16. The van der Waals surface area contributed by atoms with E-state index in [2.05, 4.69) is 62.2 Å². The lowest BCUT2D eigenvalue weighted by atomic mass is 9.96. The summed E-state index contributed by atoms with van der Waals surface area (Å²) < 4.78 is 2.01. The Bertz CT molecular complexity index is 824. The van der Waals surface area contributed by atoms with Crippen LogP contribution in [0, 0.1) is 0 Å². The van der Waals surface area contributed by atoms with Crippen LogP contribution in [-0.2, 0) is 12.8 Å². The van der Waals surface area contributed by atoms with E-state index in [1.54, 1.807) is 11.3 Å². The van der Waals surface area contributed by atoms with Crippen molar-refractivity contribution in [2.75, 3.05) is 0 Å². The number of aliphatic hydroxyl groups is 1. The maximum Gasteiger partial charge on any atom is 0.114 e. The van der Waals surface area contributed by atoms with Crippen molar-refractivity contribution >= 4 is 54.0 Å². The molecule has 1 nitrogen and oxygen atoms in total. The highest BCUT2D eigenvalue weighted by Crippen LogP contribution is 2.41. The summed E-state index contributed by atoms with van der Waals surface area (Å²) in [5, 5.41) is 13.3. The maximum absolute atomic E-state index is 10.8. The largest absolute Gasteiger partial charge is 0.383 e. The predicted octanol–water partition coefficient (Wildman–Crippen LogP) is 5.61. The van der Waals surface area contributed by atoms with Gasteiger partial charge < -0.3 is 5.11 Å². The van der Waals surface area contributed by atoms with Gasteiger partial charge >= 0.3 is 0 Å². The second-order valence-corrected chi connectivity index (χ2v) is 8.58. The number of thiophene rings is 1. The lowest BCUT2D eigenvalue weighted by Gasteiger charge is -2.13. The minimum atomic E-state index is -0.581. The van der Waals surface area contributed by atoms with Crippen LogP contribution in [0.4, 0.5) is 0 Å². The van der Waals surface area contributed by atoms with Crippen molar-refractivity contribution in [1.29, 1.82) is 0 Å². The molecule has 0 spiro atoms. The van der Waals surface area contributed by atoms with Gasteiger partial charge in [-0.2, -0.15) is 0 Å². The third kappa shape index (κ3) is 2.20. The molecule has 1 aliphatic carbocycles. The van der Waals surface area contributed by atoms with E-state index < -0.39 is 6.10 Å².